The molecule has 0 spiro atoms. The third-order valence-corrected chi connectivity index (χ3v) is 15.3. The van der Waals surface area contributed by atoms with Gasteiger partial charge in [0.1, 0.15) is 5.78 Å². The van der Waals surface area contributed by atoms with Crippen molar-refractivity contribution >= 4 is 11.7 Å². The number of ketones is 1. The molecule has 68 heavy (non-hydrogen) atoms. The number of carbonyl (C=O) groups excluding carboxylic acids is 2. The summed E-state index contributed by atoms with van der Waals surface area (Å²) in [4.78, 5) is 24.5. The molecule has 0 radical (unpaired) electrons. The number of aliphatic hydroxyl groups excluding tert-OH is 1. The van der Waals surface area contributed by atoms with Crippen LogP contribution in [-0.2, 0) is 9.59 Å². The molecule has 1 atom stereocenters. The second-order valence-corrected chi connectivity index (χ2v) is 22.4. The summed E-state index contributed by atoms with van der Waals surface area (Å²) in [6.07, 6.45) is 76.3. The summed E-state index contributed by atoms with van der Waals surface area (Å²) >= 11 is 0. The van der Waals surface area contributed by atoms with Crippen molar-refractivity contribution in [2.75, 3.05) is 6.54 Å². The van der Waals surface area contributed by atoms with Crippen LogP contribution >= 0.6 is 0 Å². The molecule has 0 aromatic heterocycles. The van der Waals surface area contributed by atoms with E-state index in [1.807, 2.05) is 0 Å². The Balaban J connectivity index is 3.22. The van der Waals surface area contributed by atoms with E-state index in [9.17, 15) is 14.7 Å². The fourth-order valence-corrected chi connectivity index (χ4v) is 10.5. The maximum absolute atomic E-state index is 12.3. The lowest BCUT2D eigenvalue weighted by Crippen LogP contribution is -2.31. The molecule has 0 aliphatic rings. The molecule has 4 nitrogen and oxygen atoms in total. The Kier molecular flexibility index (Phi) is 59.6. The van der Waals surface area contributed by atoms with E-state index in [2.05, 4.69) is 19.2 Å². The van der Waals surface area contributed by atoms with Crippen LogP contribution in [0.1, 0.15) is 386 Å². The second kappa shape index (κ2) is 60.4. The van der Waals surface area contributed by atoms with E-state index in [1.54, 1.807) is 0 Å². The number of hydrogen-bond donors (Lipinski definition) is 2. The molecule has 0 saturated heterocycles. The molecule has 0 aromatic carbocycles. The summed E-state index contributed by atoms with van der Waals surface area (Å²) in [5.41, 5.74) is 0. The predicted molar refractivity (Wildman–Crippen MR) is 303 cm³/mol. The number of amides is 1. The Morgan fingerprint density at radius 1 is 0.279 bits per heavy atom. The number of carbonyl (C=O) groups is 2. The lowest BCUT2D eigenvalue weighted by atomic mass is 10.0. The molecule has 0 aromatic rings. The topological polar surface area (TPSA) is 66.4 Å². The normalized spacial score (nSPS) is 12.0. The molecule has 0 saturated carbocycles. The minimum Gasteiger partial charge on any atom is -0.391 e. The molecule has 0 aliphatic carbocycles. The zero-order valence-corrected chi connectivity index (χ0v) is 47.1. The first-order chi connectivity index (χ1) is 33.6. The van der Waals surface area contributed by atoms with Crippen LogP contribution < -0.4 is 5.32 Å². The van der Waals surface area contributed by atoms with Gasteiger partial charge in [-0.3, -0.25) is 9.59 Å². The van der Waals surface area contributed by atoms with Gasteiger partial charge in [0.15, 0.2) is 0 Å². The summed E-state index contributed by atoms with van der Waals surface area (Å²) in [5.74, 6) is 0.640. The van der Waals surface area contributed by atoms with E-state index in [0.717, 1.165) is 51.4 Å². The monoisotopic (exact) mass is 958 g/mol. The Labute approximate surface area is 428 Å². The summed E-state index contributed by atoms with van der Waals surface area (Å²) in [7, 11) is 0. The SMILES string of the molecule is CCCCCCCCCCCCCCCCC(O)CNC(=O)CCCCCCCCCCCCCCCCCCCCCCCCCCCCCC(=O)CCCCCCCCCCCCCCC. The number of unbranched alkanes of at least 4 members (excludes halogenated alkanes) is 51. The molecular formula is C64H127NO3. The summed E-state index contributed by atoms with van der Waals surface area (Å²) in [6.45, 7) is 5.00. The molecule has 0 bridgehead atoms. The molecule has 1 unspecified atom stereocenters. The lowest BCUT2D eigenvalue weighted by Gasteiger charge is -2.12. The number of hydrogen-bond acceptors (Lipinski definition) is 3. The Morgan fingerprint density at radius 2 is 0.471 bits per heavy atom. The number of nitrogens with one attached hydrogen (secondary N) is 1. The van der Waals surface area contributed by atoms with Gasteiger partial charge in [0.05, 0.1) is 6.10 Å². The Hall–Kier alpha value is -0.900. The van der Waals surface area contributed by atoms with Crippen molar-refractivity contribution in [3.05, 3.63) is 0 Å². The zero-order chi connectivity index (χ0) is 49.2. The van der Waals surface area contributed by atoms with Crippen LogP contribution in [0, 0.1) is 0 Å². The molecule has 0 rings (SSSR count). The molecule has 1 amide bonds. The van der Waals surface area contributed by atoms with Crippen LogP contribution in [0.5, 0.6) is 0 Å². The third-order valence-electron chi connectivity index (χ3n) is 15.3. The van der Waals surface area contributed by atoms with Crippen molar-refractivity contribution in [3.8, 4) is 0 Å². The largest absolute Gasteiger partial charge is 0.391 e. The highest BCUT2D eigenvalue weighted by atomic mass is 16.3. The van der Waals surface area contributed by atoms with Crippen LogP contribution in [0.15, 0.2) is 0 Å². The molecular weight excluding hydrogens is 831 g/mol. The van der Waals surface area contributed by atoms with Crippen LogP contribution in [0.3, 0.4) is 0 Å². The van der Waals surface area contributed by atoms with Gasteiger partial charge in [0.2, 0.25) is 5.91 Å². The van der Waals surface area contributed by atoms with Gasteiger partial charge in [0, 0.05) is 25.8 Å². The van der Waals surface area contributed by atoms with E-state index in [-0.39, 0.29) is 5.91 Å². The van der Waals surface area contributed by atoms with Gasteiger partial charge in [-0.25, -0.2) is 0 Å². The van der Waals surface area contributed by atoms with Crippen LogP contribution in [0.25, 0.3) is 0 Å². The smallest absolute Gasteiger partial charge is 0.220 e. The van der Waals surface area contributed by atoms with E-state index in [0.29, 0.717) is 18.7 Å². The van der Waals surface area contributed by atoms with Crippen LogP contribution in [-0.4, -0.2) is 29.4 Å². The average Bonchev–Trinajstić information content (AvgIpc) is 3.34. The van der Waals surface area contributed by atoms with Crippen molar-refractivity contribution < 1.29 is 14.7 Å². The molecule has 0 heterocycles. The summed E-state index contributed by atoms with van der Waals surface area (Å²) in [5, 5.41) is 13.3. The number of rotatable bonds is 61. The highest BCUT2D eigenvalue weighted by Gasteiger charge is 2.08. The van der Waals surface area contributed by atoms with Crippen molar-refractivity contribution in [1.29, 1.82) is 0 Å². The van der Waals surface area contributed by atoms with E-state index >= 15 is 0 Å². The van der Waals surface area contributed by atoms with E-state index in [4.69, 9.17) is 0 Å². The number of Topliss-reactive ketones (excluding diaryl/α,β-unsaturated/α-hetero) is 1. The van der Waals surface area contributed by atoms with Crippen molar-refractivity contribution in [3.63, 3.8) is 0 Å². The maximum Gasteiger partial charge on any atom is 0.220 e. The van der Waals surface area contributed by atoms with Gasteiger partial charge < -0.3 is 10.4 Å². The van der Waals surface area contributed by atoms with Gasteiger partial charge in [-0.1, -0.05) is 341 Å². The maximum atomic E-state index is 12.3. The van der Waals surface area contributed by atoms with Gasteiger partial charge in [-0.15, -0.1) is 0 Å². The van der Waals surface area contributed by atoms with Gasteiger partial charge >= 0.3 is 0 Å². The molecule has 406 valence electrons. The predicted octanol–water partition coefficient (Wildman–Crippen LogP) is 21.7. The third kappa shape index (κ3) is 59.4. The zero-order valence-electron chi connectivity index (χ0n) is 47.1. The average molecular weight is 959 g/mol. The second-order valence-electron chi connectivity index (χ2n) is 22.4. The van der Waals surface area contributed by atoms with Crippen molar-refractivity contribution in [1.82, 2.24) is 5.32 Å². The van der Waals surface area contributed by atoms with Crippen LogP contribution in [0.2, 0.25) is 0 Å². The number of aliphatic hydroxyl groups is 1. The van der Waals surface area contributed by atoms with Crippen LogP contribution in [0.4, 0.5) is 0 Å². The van der Waals surface area contributed by atoms with E-state index in [1.165, 1.54) is 315 Å². The van der Waals surface area contributed by atoms with Crippen molar-refractivity contribution in [2.45, 2.75) is 392 Å². The highest BCUT2D eigenvalue weighted by Crippen LogP contribution is 2.19. The van der Waals surface area contributed by atoms with Gasteiger partial charge in [-0.2, -0.15) is 0 Å². The lowest BCUT2D eigenvalue weighted by molar-refractivity contribution is -0.121. The summed E-state index contributed by atoms with van der Waals surface area (Å²) < 4.78 is 0. The minimum absolute atomic E-state index is 0.117. The van der Waals surface area contributed by atoms with E-state index < -0.39 is 6.10 Å². The Morgan fingerprint density at radius 3 is 0.706 bits per heavy atom. The van der Waals surface area contributed by atoms with Crippen molar-refractivity contribution in [2.24, 2.45) is 0 Å². The Bertz CT molecular complexity index is 952. The first kappa shape index (κ1) is 67.1. The first-order valence-electron chi connectivity index (χ1n) is 32.1. The minimum atomic E-state index is -0.390. The molecule has 4 heteroatoms. The molecule has 0 fully saturated rings. The summed E-state index contributed by atoms with van der Waals surface area (Å²) in [6, 6.07) is 0. The molecule has 0 aliphatic heterocycles. The fraction of sp³-hybridized carbons (Fsp3) is 0.969. The van der Waals surface area contributed by atoms with Gasteiger partial charge in [-0.05, 0) is 25.7 Å². The quantitative estimate of drug-likeness (QED) is 0.0597. The highest BCUT2D eigenvalue weighted by molar-refractivity contribution is 5.78. The molecule has 2 N–H and O–H groups in total. The first-order valence-corrected chi connectivity index (χ1v) is 32.1. The fourth-order valence-electron chi connectivity index (χ4n) is 10.5. The standard InChI is InChI=1S/C64H127NO3/c1-3-5-7-9-11-13-15-17-34-39-43-47-51-55-59-63(67)61-65-64(68)60-56-52-48-44-40-36-32-30-28-26-24-22-20-18-19-21-23-25-27-29-31-35-38-42-46-50-54-58-62(66)57-53-49-45-41-37-33-16-14-12-10-8-6-4-2/h63,67H,3-61H2,1-2H3,(H,65,68). The van der Waals surface area contributed by atoms with Gasteiger partial charge in [0.25, 0.3) is 0 Å².